The zero-order valence-electron chi connectivity index (χ0n) is 11.6. The van der Waals surface area contributed by atoms with Gasteiger partial charge in [-0.3, -0.25) is 0 Å². The molecule has 1 heterocycles. The molecule has 0 spiro atoms. The molecule has 0 saturated carbocycles. The van der Waals surface area contributed by atoms with Crippen LogP contribution in [-0.4, -0.2) is 17.1 Å². The van der Waals surface area contributed by atoms with E-state index in [4.69, 9.17) is 4.74 Å². The predicted molar refractivity (Wildman–Crippen MR) is 80.6 cm³/mol. The second-order valence-corrected chi connectivity index (χ2v) is 5.25. The Labute approximate surface area is 122 Å². The van der Waals surface area contributed by atoms with Gasteiger partial charge in [-0.1, -0.05) is 13.0 Å². The average molecular weight is 321 g/mol. The molecule has 0 aliphatic rings. The fourth-order valence-corrected chi connectivity index (χ4v) is 2.44. The van der Waals surface area contributed by atoms with Gasteiger partial charge in [0, 0.05) is 12.0 Å². The molecule has 2 aromatic rings. The molecule has 0 fully saturated rings. The average Bonchev–Trinajstić information content (AvgIpc) is 2.40. The molecule has 100 valence electrons. The molecule has 4 heteroatoms. The van der Waals surface area contributed by atoms with Crippen molar-refractivity contribution in [3.63, 3.8) is 0 Å². The molecule has 0 saturated heterocycles. The first-order valence-corrected chi connectivity index (χ1v) is 7.04. The van der Waals surface area contributed by atoms with Crippen molar-refractivity contribution in [1.82, 2.24) is 9.97 Å². The van der Waals surface area contributed by atoms with Crippen LogP contribution in [0.25, 0.3) is 11.3 Å². The van der Waals surface area contributed by atoms with Crippen LogP contribution in [0.3, 0.4) is 0 Å². The molecule has 19 heavy (non-hydrogen) atoms. The summed E-state index contributed by atoms with van der Waals surface area (Å²) in [6.45, 7) is 6.19. The summed E-state index contributed by atoms with van der Waals surface area (Å²) in [5, 5.41) is 0. The minimum atomic E-state index is 0.801. The molecule has 0 atom stereocenters. The molecule has 2 rings (SSSR count). The first kappa shape index (κ1) is 14.0. The van der Waals surface area contributed by atoms with Gasteiger partial charge in [0.1, 0.15) is 16.2 Å². The molecule has 0 amide bonds. The van der Waals surface area contributed by atoms with Gasteiger partial charge in [0.2, 0.25) is 0 Å². The topological polar surface area (TPSA) is 35.0 Å². The zero-order chi connectivity index (χ0) is 14.0. The van der Waals surface area contributed by atoms with E-state index in [1.165, 1.54) is 5.56 Å². The molecule has 3 nitrogen and oxygen atoms in total. The quantitative estimate of drug-likeness (QED) is 0.799. The Morgan fingerprint density at radius 3 is 2.58 bits per heavy atom. The van der Waals surface area contributed by atoms with Crippen LogP contribution in [0.4, 0.5) is 0 Å². The normalized spacial score (nSPS) is 10.6. The smallest absolute Gasteiger partial charge is 0.131 e. The van der Waals surface area contributed by atoms with Crippen molar-refractivity contribution in [3.8, 4) is 17.0 Å². The van der Waals surface area contributed by atoms with Gasteiger partial charge in [0.05, 0.1) is 12.8 Å². The third-order valence-corrected chi connectivity index (χ3v) is 3.62. The summed E-state index contributed by atoms with van der Waals surface area (Å²) in [6.07, 6.45) is 0.805. The summed E-state index contributed by atoms with van der Waals surface area (Å²) in [5.74, 6) is 1.71. The van der Waals surface area contributed by atoms with E-state index in [2.05, 4.69) is 51.9 Å². The summed E-state index contributed by atoms with van der Waals surface area (Å²) in [4.78, 5) is 8.92. The largest absolute Gasteiger partial charge is 0.496 e. The van der Waals surface area contributed by atoms with Gasteiger partial charge in [-0.05, 0) is 53.0 Å². The number of methoxy groups -OCH3 is 1. The Morgan fingerprint density at radius 2 is 1.95 bits per heavy atom. The van der Waals surface area contributed by atoms with Gasteiger partial charge >= 0.3 is 0 Å². The molecule has 1 aromatic carbocycles. The van der Waals surface area contributed by atoms with Crippen LogP contribution in [-0.2, 0) is 6.42 Å². The maximum atomic E-state index is 5.55. The Bertz CT molecular complexity index is 611. The minimum Gasteiger partial charge on any atom is -0.496 e. The molecular formula is C15H17BrN2O. The highest BCUT2D eigenvalue weighted by Gasteiger charge is 2.13. The maximum Gasteiger partial charge on any atom is 0.131 e. The van der Waals surface area contributed by atoms with E-state index in [9.17, 15) is 0 Å². The molecule has 0 bridgehead atoms. The van der Waals surface area contributed by atoms with Crippen LogP contribution < -0.4 is 4.74 Å². The Morgan fingerprint density at radius 1 is 1.21 bits per heavy atom. The van der Waals surface area contributed by atoms with Gasteiger partial charge < -0.3 is 4.74 Å². The first-order valence-electron chi connectivity index (χ1n) is 6.24. The van der Waals surface area contributed by atoms with Gasteiger partial charge in [-0.15, -0.1) is 0 Å². The number of ether oxygens (including phenoxy) is 1. The van der Waals surface area contributed by atoms with Crippen molar-refractivity contribution in [1.29, 1.82) is 0 Å². The fraction of sp³-hybridized carbons (Fsp3) is 0.333. The molecule has 0 aliphatic heterocycles. The number of rotatable bonds is 3. The number of hydrogen-bond acceptors (Lipinski definition) is 3. The summed E-state index contributed by atoms with van der Waals surface area (Å²) < 4.78 is 6.35. The highest BCUT2D eigenvalue weighted by Crippen LogP contribution is 2.34. The fourth-order valence-electron chi connectivity index (χ4n) is 2.02. The molecule has 0 unspecified atom stereocenters. The second-order valence-electron chi connectivity index (χ2n) is 4.43. The summed E-state index contributed by atoms with van der Waals surface area (Å²) in [7, 11) is 1.70. The van der Waals surface area contributed by atoms with Crippen molar-refractivity contribution in [3.05, 3.63) is 39.8 Å². The van der Waals surface area contributed by atoms with Crippen molar-refractivity contribution in [2.75, 3.05) is 7.11 Å². The van der Waals surface area contributed by atoms with Gasteiger partial charge in [0.15, 0.2) is 0 Å². The highest BCUT2D eigenvalue weighted by molar-refractivity contribution is 9.10. The van der Waals surface area contributed by atoms with E-state index < -0.39 is 0 Å². The van der Waals surface area contributed by atoms with Crippen LogP contribution in [0.1, 0.15) is 23.9 Å². The Kier molecular flexibility index (Phi) is 4.20. The van der Waals surface area contributed by atoms with Gasteiger partial charge in [0.25, 0.3) is 0 Å². The minimum absolute atomic E-state index is 0.801. The lowest BCUT2D eigenvalue weighted by molar-refractivity contribution is 0.413. The van der Waals surface area contributed by atoms with Crippen molar-refractivity contribution in [2.24, 2.45) is 0 Å². The van der Waals surface area contributed by atoms with E-state index in [1.54, 1.807) is 7.11 Å². The summed E-state index contributed by atoms with van der Waals surface area (Å²) >= 11 is 3.44. The monoisotopic (exact) mass is 320 g/mol. The number of nitrogens with zero attached hydrogens (tertiary/aromatic N) is 2. The van der Waals surface area contributed by atoms with Crippen molar-refractivity contribution >= 4 is 15.9 Å². The summed E-state index contributed by atoms with van der Waals surface area (Å²) in [5.41, 5.74) is 4.25. The Hall–Kier alpha value is -1.42. The first-order chi connectivity index (χ1) is 9.06. The van der Waals surface area contributed by atoms with E-state index >= 15 is 0 Å². The molecule has 0 N–H and O–H groups in total. The molecule has 1 aromatic heterocycles. The maximum absolute atomic E-state index is 5.55. The van der Waals surface area contributed by atoms with Crippen molar-refractivity contribution in [2.45, 2.75) is 27.2 Å². The summed E-state index contributed by atoms with van der Waals surface area (Å²) in [6, 6.07) is 6.07. The lowest BCUT2D eigenvalue weighted by Gasteiger charge is -2.13. The molecule has 0 radical (unpaired) electrons. The van der Waals surface area contributed by atoms with E-state index in [1.807, 2.05) is 13.0 Å². The van der Waals surface area contributed by atoms with Crippen LogP contribution >= 0.6 is 15.9 Å². The second kappa shape index (κ2) is 5.70. The molecule has 0 aliphatic carbocycles. The SMILES string of the molecule is CCc1nc(Br)cc(-c2ccc(C)c(C)c2OC)n1. The number of aryl methyl sites for hydroxylation is 2. The third kappa shape index (κ3) is 2.78. The molecular weight excluding hydrogens is 304 g/mol. The van der Waals surface area contributed by atoms with Crippen molar-refractivity contribution < 1.29 is 4.74 Å². The lowest BCUT2D eigenvalue weighted by Crippen LogP contribution is -1.99. The van der Waals surface area contributed by atoms with Crippen LogP contribution in [0.5, 0.6) is 5.75 Å². The number of halogens is 1. The standard InChI is InChI=1S/C15H17BrN2O/c1-5-14-17-12(8-13(16)18-14)11-7-6-9(2)10(3)15(11)19-4/h6-8H,5H2,1-4H3. The number of aromatic nitrogens is 2. The highest BCUT2D eigenvalue weighted by atomic mass is 79.9. The van der Waals surface area contributed by atoms with Crippen LogP contribution in [0, 0.1) is 13.8 Å². The van der Waals surface area contributed by atoms with Crippen LogP contribution in [0.15, 0.2) is 22.8 Å². The van der Waals surface area contributed by atoms with E-state index in [0.717, 1.165) is 39.4 Å². The van der Waals surface area contributed by atoms with Gasteiger partial charge in [-0.25, -0.2) is 9.97 Å². The number of benzene rings is 1. The lowest BCUT2D eigenvalue weighted by atomic mass is 10.0. The van der Waals surface area contributed by atoms with Gasteiger partial charge in [-0.2, -0.15) is 0 Å². The predicted octanol–water partition coefficient (Wildman–Crippen LogP) is 4.09. The van der Waals surface area contributed by atoms with E-state index in [0.29, 0.717) is 0 Å². The third-order valence-electron chi connectivity index (χ3n) is 3.21. The number of hydrogen-bond donors (Lipinski definition) is 0. The van der Waals surface area contributed by atoms with E-state index in [-0.39, 0.29) is 0 Å². The van der Waals surface area contributed by atoms with Crippen LogP contribution in [0.2, 0.25) is 0 Å². The zero-order valence-corrected chi connectivity index (χ0v) is 13.2. The Balaban J connectivity index is 2.65.